The van der Waals surface area contributed by atoms with Gasteiger partial charge in [0, 0.05) is 12.1 Å². The average molecular weight is 344 g/mol. The van der Waals surface area contributed by atoms with Gasteiger partial charge in [0.05, 0.1) is 7.11 Å². The molecule has 2 fully saturated rings. The van der Waals surface area contributed by atoms with Crippen LogP contribution in [-0.2, 0) is 4.79 Å². The predicted octanol–water partition coefficient (Wildman–Crippen LogP) is 4.06. The first kappa shape index (κ1) is 18.2. The lowest BCUT2D eigenvalue weighted by molar-refractivity contribution is -0.129. The summed E-state index contributed by atoms with van der Waals surface area (Å²) in [5, 5.41) is 3.34. The summed E-state index contributed by atoms with van der Waals surface area (Å²) in [6.45, 7) is 3.25. The monoisotopic (exact) mass is 344 g/mol. The number of carbonyl (C=O) groups is 1. The van der Waals surface area contributed by atoms with E-state index in [2.05, 4.69) is 29.3 Å². The maximum atomic E-state index is 13.2. The number of piperidine rings is 1. The van der Waals surface area contributed by atoms with Gasteiger partial charge in [-0.25, -0.2) is 0 Å². The van der Waals surface area contributed by atoms with Crippen molar-refractivity contribution in [1.29, 1.82) is 0 Å². The van der Waals surface area contributed by atoms with Gasteiger partial charge in [0.1, 0.15) is 11.8 Å². The zero-order chi connectivity index (χ0) is 17.6. The highest BCUT2D eigenvalue weighted by Crippen LogP contribution is 2.32. The number of methoxy groups -OCH3 is 1. The summed E-state index contributed by atoms with van der Waals surface area (Å²) in [6, 6.07) is 8.72. The third-order valence-electron chi connectivity index (χ3n) is 5.86. The molecule has 1 saturated heterocycles. The molecule has 1 amide bonds. The molecule has 25 heavy (non-hydrogen) atoms. The van der Waals surface area contributed by atoms with Crippen LogP contribution >= 0.6 is 0 Å². The standard InChI is InChI=1S/C21H32N2O2/c1-3-18-10-6-7-15-23(18)20(16-11-13-19(25-2)14-12-16)21(24)22-17-8-4-5-9-17/h11-14,17-18,20H,3-10,15H2,1-2H3,(H,22,24). The van der Waals surface area contributed by atoms with Crippen molar-refractivity contribution in [3.8, 4) is 5.75 Å². The van der Waals surface area contributed by atoms with E-state index >= 15 is 0 Å². The lowest BCUT2D eigenvalue weighted by Crippen LogP contribution is -2.49. The summed E-state index contributed by atoms with van der Waals surface area (Å²) >= 11 is 0. The van der Waals surface area contributed by atoms with Crippen LogP contribution in [0.1, 0.15) is 69.9 Å². The van der Waals surface area contributed by atoms with Gasteiger partial charge in [-0.05, 0) is 56.3 Å². The van der Waals surface area contributed by atoms with E-state index in [0.29, 0.717) is 12.1 Å². The van der Waals surface area contributed by atoms with Gasteiger partial charge >= 0.3 is 0 Å². The number of likely N-dealkylation sites (tertiary alicyclic amines) is 1. The van der Waals surface area contributed by atoms with E-state index in [4.69, 9.17) is 4.74 Å². The van der Waals surface area contributed by atoms with Crippen LogP contribution in [0.15, 0.2) is 24.3 Å². The smallest absolute Gasteiger partial charge is 0.242 e. The highest BCUT2D eigenvalue weighted by molar-refractivity contribution is 5.83. The summed E-state index contributed by atoms with van der Waals surface area (Å²) in [5.41, 5.74) is 1.08. The average Bonchev–Trinajstić information content (AvgIpc) is 3.16. The second-order valence-corrected chi connectivity index (χ2v) is 7.46. The predicted molar refractivity (Wildman–Crippen MR) is 101 cm³/mol. The highest BCUT2D eigenvalue weighted by atomic mass is 16.5. The zero-order valence-electron chi connectivity index (χ0n) is 15.7. The van der Waals surface area contributed by atoms with Gasteiger partial charge in [0.25, 0.3) is 0 Å². The number of hydrogen-bond donors (Lipinski definition) is 1. The Morgan fingerprint density at radius 3 is 2.48 bits per heavy atom. The third kappa shape index (κ3) is 4.35. The SMILES string of the molecule is CCC1CCCCN1C(C(=O)NC1CCCC1)c1ccc(OC)cc1. The van der Waals surface area contributed by atoms with E-state index in [1.54, 1.807) is 7.11 Å². The molecule has 0 radical (unpaired) electrons. The Hall–Kier alpha value is -1.55. The lowest BCUT2D eigenvalue weighted by atomic mass is 9.94. The molecular formula is C21H32N2O2. The molecule has 2 aliphatic rings. The van der Waals surface area contributed by atoms with Gasteiger partial charge in [-0.2, -0.15) is 0 Å². The van der Waals surface area contributed by atoms with Crippen LogP contribution in [0, 0.1) is 0 Å². The summed E-state index contributed by atoms with van der Waals surface area (Å²) in [7, 11) is 1.68. The Morgan fingerprint density at radius 1 is 1.16 bits per heavy atom. The van der Waals surface area contributed by atoms with Crippen LogP contribution < -0.4 is 10.1 Å². The van der Waals surface area contributed by atoms with E-state index < -0.39 is 0 Å². The molecule has 1 saturated carbocycles. The molecule has 3 rings (SSSR count). The Morgan fingerprint density at radius 2 is 1.84 bits per heavy atom. The highest BCUT2D eigenvalue weighted by Gasteiger charge is 2.34. The molecule has 0 spiro atoms. The van der Waals surface area contributed by atoms with Gasteiger partial charge < -0.3 is 10.1 Å². The van der Waals surface area contributed by atoms with Crippen LogP contribution in [0.25, 0.3) is 0 Å². The van der Waals surface area contributed by atoms with Crippen molar-refractivity contribution in [2.75, 3.05) is 13.7 Å². The van der Waals surface area contributed by atoms with Crippen molar-refractivity contribution >= 4 is 5.91 Å². The van der Waals surface area contributed by atoms with Gasteiger partial charge in [-0.15, -0.1) is 0 Å². The van der Waals surface area contributed by atoms with Crippen molar-refractivity contribution in [1.82, 2.24) is 10.2 Å². The van der Waals surface area contributed by atoms with Crippen LogP contribution in [0.4, 0.5) is 0 Å². The van der Waals surface area contributed by atoms with Crippen LogP contribution in [0.5, 0.6) is 5.75 Å². The van der Waals surface area contributed by atoms with Crippen molar-refractivity contribution in [2.45, 2.75) is 76.4 Å². The fraction of sp³-hybridized carbons (Fsp3) is 0.667. The van der Waals surface area contributed by atoms with E-state index in [1.807, 2.05) is 12.1 Å². The molecular weight excluding hydrogens is 312 g/mol. The summed E-state index contributed by atoms with van der Waals surface area (Å²) in [4.78, 5) is 15.7. The lowest BCUT2D eigenvalue weighted by Gasteiger charge is -2.40. The first-order valence-corrected chi connectivity index (χ1v) is 9.93. The van der Waals surface area contributed by atoms with Crippen molar-refractivity contribution in [2.24, 2.45) is 0 Å². The normalized spacial score (nSPS) is 23.4. The number of ether oxygens (including phenoxy) is 1. The Balaban J connectivity index is 1.84. The van der Waals surface area contributed by atoms with Gasteiger partial charge in [-0.3, -0.25) is 9.69 Å². The first-order valence-electron chi connectivity index (χ1n) is 9.93. The number of amides is 1. The summed E-state index contributed by atoms with van der Waals surface area (Å²) in [5.74, 6) is 1.02. The van der Waals surface area contributed by atoms with Gasteiger partial charge in [-0.1, -0.05) is 38.3 Å². The molecule has 0 aromatic heterocycles. The molecule has 1 N–H and O–H groups in total. The van der Waals surface area contributed by atoms with Crippen molar-refractivity contribution in [3.63, 3.8) is 0 Å². The minimum Gasteiger partial charge on any atom is -0.497 e. The Bertz CT molecular complexity index is 552. The third-order valence-corrected chi connectivity index (χ3v) is 5.86. The Kier molecular flexibility index (Phi) is 6.35. The molecule has 1 aliphatic heterocycles. The zero-order valence-corrected chi connectivity index (χ0v) is 15.7. The summed E-state index contributed by atoms with van der Waals surface area (Å²) in [6.07, 6.45) is 9.47. The molecule has 1 aromatic rings. The second-order valence-electron chi connectivity index (χ2n) is 7.46. The maximum Gasteiger partial charge on any atom is 0.242 e. The first-order chi connectivity index (χ1) is 12.2. The van der Waals surface area contributed by atoms with Crippen LogP contribution in [0.2, 0.25) is 0 Å². The van der Waals surface area contributed by atoms with Crippen LogP contribution in [0.3, 0.4) is 0 Å². The minimum atomic E-state index is -0.184. The Labute approximate surface area is 151 Å². The number of carbonyl (C=O) groups excluding carboxylic acids is 1. The van der Waals surface area contributed by atoms with E-state index in [1.165, 1.54) is 32.1 Å². The molecule has 2 atom stereocenters. The number of rotatable bonds is 6. The van der Waals surface area contributed by atoms with Crippen molar-refractivity contribution < 1.29 is 9.53 Å². The molecule has 0 bridgehead atoms. The van der Waals surface area contributed by atoms with E-state index in [9.17, 15) is 4.79 Å². The number of nitrogens with one attached hydrogen (secondary N) is 1. The quantitative estimate of drug-likeness (QED) is 0.846. The second kappa shape index (κ2) is 8.70. The molecule has 2 unspecified atom stereocenters. The van der Waals surface area contributed by atoms with E-state index in [-0.39, 0.29) is 11.9 Å². The number of benzene rings is 1. The number of nitrogens with zero attached hydrogens (tertiary/aromatic N) is 1. The minimum absolute atomic E-state index is 0.178. The summed E-state index contributed by atoms with van der Waals surface area (Å²) < 4.78 is 5.29. The molecule has 4 heteroatoms. The molecule has 138 valence electrons. The number of hydrogen-bond acceptors (Lipinski definition) is 3. The maximum absolute atomic E-state index is 13.2. The van der Waals surface area contributed by atoms with Gasteiger partial charge in [0.2, 0.25) is 5.91 Å². The molecule has 1 heterocycles. The fourth-order valence-electron chi connectivity index (χ4n) is 4.43. The van der Waals surface area contributed by atoms with Crippen molar-refractivity contribution in [3.05, 3.63) is 29.8 Å². The topological polar surface area (TPSA) is 41.6 Å². The molecule has 4 nitrogen and oxygen atoms in total. The fourth-order valence-corrected chi connectivity index (χ4v) is 4.43. The van der Waals surface area contributed by atoms with Gasteiger partial charge in [0.15, 0.2) is 0 Å². The largest absolute Gasteiger partial charge is 0.497 e. The van der Waals surface area contributed by atoms with E-state index in [0.717, 1.165) is 37.1 Å². The van der Waals surface area contributed by atoms with Crippen LogP contribution in [-0.4, -0.2) is 36.5 Å². The molecule has 1 aromatic carbocycles. The molecule has 1 aliphatic carbocycles.